The van der Waals surface area contributed by atoms with Gasteiger partial charge in [-0.25, -0.2) is 4.39 Å². The van der Waals surface area contributed by atoms with Crippen LogP contribution in [0.25, 0.3) is 0 Å². The maximum Gasteiger partial charge on any atom is 0.166 e. The lowest BCUT2D eigenvalue weighted by atomic mass is 9.85. The van der Waals surface area contributed by atoms with Crippen LogP contribution in [-0.2, 0) is 4.74 Å². The predicted octanol–water partition coefficient (Wildman–Crippen LogP) is 2.34. The predicted molar refractivity (Wildman–Crippen MR) is 66.8 cm³/mol. The van der Waals surface area contributed by atoms with E-state index in [0.717, 1.165) is 6.42 Å². The highest BCUT2D eigenvalue weighted by Crippen LogP contribution is 2.30. The van der Waals surface area contributed by atoms with Gasteiger partial charge in [0.2, 0.25) is 0 Å². The standard InChI is InChI=1S/C12H15BrFNO2/c1-15-9-6-11(12(9)16-2)17-10-4-3-7(13)5-8(10)14/h3-5,9,11-12,15H,6H2,1-2H3. The van der Waals surface area contributed by atoms with Gasteiger partial charge in [-0.3, -0.25) is 0 Å². The first-order chi connectivity index (χ1) is 8.15. The summed E-state index contributed by atoms with van der Waals surface area (Å²) in [5.74, 6) is -0.0862. The third kappa shape index (κ3) is 2.61. The molecule has 1 aliphatic carbocycles. The quantitative estimate of drug-likeness (QED) is 0.926. The Kier molecular flexibility index (Phi) is 4.01. The number of ether oxygens (including phenoxy) is 2. The average molecular weight is 304 g/mol. The van der Waals surface area contributed by atoms with Gasteiger partial charge in [0.15, 0.2) is 11.6 Å². The topological polar surface area (TPSA) is 30.5 Å². The van der Waals surface area contributed by atoms with E-state index in [1.54, 1.807) is 19.2 Å². The fourth-order valence-corrected chi connectivity index (χ4v) is 2.36. The number of likely N-dealkylation sites (N-methyl/N-ethyl adjacent to an activating group) is 1. The van der Waals surface area contributed by atoms with Gasteiger partial charge in [0, 0.05) is 24.0 Å². The summed E-state index contributed by atoms with van der Waals surface area (Å²) in [5, 5.41) is 3.14. The minimum absolute atomic E-state index is 0.0250. The van der Waals surface area contributed by atoms with Gasteiger partial charge in [0.1, 0.15) is 12.2 Å². The molecule has 0 spiro atoms. The largest absolute Gasteiger partial charge is 0.485 e. The normalized spacial score (nSPS) is 27.6. The molecule has 2 rings (SSSR count). The van der Waals surface area contributed by atoms with Crippen LogP contribution in [0.1, 0.15) is 6.42 Å². The molecule has 0 heterocycles. The first kappa shape index (κ1) is 12.8. The number of rotatable bonds is 4. The van der Waals surface area contributed by atoms with Gasteiger partial charge >= 0.3 is 0 Å². The lowest BCUT2D eigenvalue weighted by Gasteiger charge is -2.42. The van der Waals surface area contributed by atoms with Crippen molar-refractivity contribution in [3.8, 4) is 5.75 Å². The lowest BCUT2D eigenvalue weighted by Crippen LogP contribution is -2.60. The monoisotopic (exact) mass is 303 g/mol. The first-order valence-electron chi connectivity index (χ1n) is 5.47. The summed E-state index contributed by atoms with van der Waals surface area (Å²) in [5.41, 5.74) is 0. The molecule has 0 aliphatic heterocycles. The van der Waals surface area contributed by atoms with Crippen LogP contribution in [-0.4, -0.2) is 32.4 Å². The maximum absolute atomic E-state index is 13.6. The third-order valence-corrected chi connectivity index (χ3v) is 3.56. The molecular formula is C12H15BrFNO2. The van der Waals surface area contributed by atoms with Crippen molar-refractivity contribution in [2.75, 3.05) is 14.2 Å². The van der Waals surface area contributed by atoms with E-state index in [1.807, 2.05) is 7.05 Å². The Labute approximate surface area is 108 Å². The van der Waals surface area contributed by atoms with Crippen LogP contribution >= 0.6 is 15.9 Å². The molecule has 1 saturated carbocycles. The van der Waals surface area contributed by atoms with E-state index < -0.39 is 0 Å². The van der Waals surface area contributed by atoms with E-state index in [-0.39, 0.29) is 29.8 Å². The van der Waals surface area contributed by atoms with Gasteiger partial charge < -0.3 is 14.8 Å². The zero-order chi connectivity index (χ0) is 12.4. The molecule has 94 valence electrons. The molecule has 3 unspecified atom stereocenters. The van der Waals surface area contributed by atoms with Crippen molar-refractivity contribution in [3.05, 3.63) is 28.5 Å². The fourth-order valence-electron chi connectivity index (χ4n) is 2.03. The van der Waals surface area contributed by atoms with Crippen LogP contribution in [0, 0.1) is 5.82 Å². The Hall–Kier alpha value is -0.650. The second kappa shape index (κ2) is 5.33. The molecule has 1 aromatic rings. The number of methoxy groups -OCH3 is 1. The second-order valence-electron chi connectivity index (χ2n) is 4.06. The first-order valence-corrected chi connectivity index (χ1v) is 6.26. The summed E-state index contributed by atoms with van der Waals surface area (Å²) in [4.78, 5) is 0. The van der Waals surface area contributed by atoms with Crippen molar-refractivity contribution >= 4 is 15.9 Å². The van der Waals surface area contributed by atoms with E-state index in [2.05, 4.69) is 21.2 Å². The number of hydrogen-bond acceptors (Lipinski definition) is 3. The van der Waals surface area contributed by atoms with E-state index in [9.17, 15) is 4.39 Å². The Morgan fingerprint density at radius 3 is 2.82 bits per heavy atom. The molecule has 0 saturated heterocycles. The number of benzene rings is 1. The summed E-state index contributed by atoms with van der Waals surface area (Å²) in [6.07, 6.45) is 0.709. The molecule has 3 atom stereocenters. The van der Waals surface area contributed by atoms with Crippen LogP contribution < -0.4 is 10.1 Å². The molecule has 1 fully saturated rings. The van der Waals surface area contributed by atoms with E-state index in [4.69, 9.17) is 9.47 Å². The summed E-state index contributed by atoms with van der Waals surface area (Å²) >= 11 is 3.21. The highest BCUT2D eigenvalue weighted by molar-refractivity contribution is 9.10. The van der Waals surface area contributed by atoms with Crippen LogP contribution in [0.4, 0.5) is 4.39 Å². The van der Waals surface area contributed by atoms with E-state index in [0.29, 0.717) is 4.47 Å². The Morgan fingerprint density at radius 2 is 2.24 bits per heavy atom. The summed E-state index contributed by atoms with van der Waals surface area (Å²) in [6.45, 7) is 0. The molecular weight excluding hydrogens is 289 g/mol. The average Bonchev–Trinajstić information content (AvgIpc) is 2.26. The number of halogens is 2. The minimum atomic E-state index is -0.359. The number of hydrogen-bond donors (Lipinski definition) is 1. The van der Waals surface area contributed by atoms with Gasteiger partial charge in [-0.2, -0.15) is 0 Å². The Balaban J connectivity index is 2.02. The molecule has 1 aromatic carbocycles. The summed E-state index contributed by atoms with van der Waals surface area (Å²) in [7, 11) is 3.52. The fraction of sp³-hybridized carbons (Fsp3) is 0.500. The number of nitrogens with one attached hydrogen (secondary N) is 1. The summed E-state index contributed by atoms with van der Waals surface area (Å²) < 4.78 is 25.2. The van der Waals surface area contributed by atoms with Gasteiger partial charge in [0.25, 0.3) is 0 Å². The zero-order valence-corrected chi connectivity index (χ0v) is 11.3. The molecule has 5 heteroatoms. The molecule has 1 aliphatic rings. The van der Waals surface area contributed by atoms with Crippen LogP contribution in [0.15, 0.2) is 22.7 Å². The highest BCUT2D eigenvalue weighted by Gasteiger charge is 2.42. The van der Waals surface area contributed by atoms with Gasteiger partial charge in [-0.15, -0.1) is 0 Å². The maximum atomic E-state index is 13.6. The summed E-state index contributed by atoms with van der Waals surface area (Å²) in [6, 6.07) is 5.06. The van der Waals surface area contributed by atoms with Crippen molar-refractivity contribution < 1.29 is 13.9 Å². The molecule has 0 aromatic heterocycles. The lowest BCUT2D eigenvalue weighted by molar-refractivity contribution is -0.0880. The molecule has 3 nitrogen and oxygen atoms in total. The molecule has 0 bridgehead atoms. The van der Waals surface area contributed by atoms with Crippen LogP contribution in [0.2, 0.25) is 0 Å². The smallest absolute Gasteiger partial charge is 0.166 e. The van der Waals surface area contributed by atoms with Crippen molar-refractivity contribution in [2.45, 2.75) is 24.7 Å². The van der Waals surface area contributed by atoms with Crippen molar-refractivity contribution in [3.63, 3.8) is 0 Å². The minimum Gasteiger partial charge on any atom is -0.485 e. The Morgan fingerprint density at radius 1 is 1.47 bits per heavy atom. The van der Waals surface area contributed by atoms with Crippen LogP contribution in [0.3, 0.4) is 0 Å². The van der Waals surface area contributed by atoms with Crippen molar-refractivity contribution in [1.29, 1.82) is 0 Å². The van der Waals surface area contributed by atoms with Gasteiger partial charge in [0.05, 0.1) is 0 Å². The second-order valence-corrected chi connectivity index (χ2v) is 4.98. The molecule has 1 N–H and O–H groups in total. The third-order valence-electron chi connectivity index (χ3n) is 3.06. The SMILES string of the molecule is CNC1CC(Oc2ccc(Br)cc2F)C1OC. The van der Waals surface area contributed by atoms with Crippen LogP contribution in [0.5, 0.6) is 5.75 Å². The molecule has 0 amide bonds. The van der Waals surface area contributed by atoms with E-state index >= 15 is 0 Å². The Bertz CT molecular complexity index is 402. The molecule has 17 heavy (non-hydrogen) atoms. The highest BCUT2D eigenvalue weighted by atomic mass is 79.9. The van der Waals surface area contributed by atoms with Crippen molar-refractivity contribution in [1.82, 2.24) is 5.32 Å². The zero-order valence-electron chi connectivity index (χ0n) is 9.74. The molecule has 0 radical (unpaired) electrons. The van der Waals surface area contributed by atoms with E-state index in [1.165, 1.54) is 6.07 Å². The van der Waals surface area contributed by atoms with Gasteiger partial charge in [-0.05, 0) is 25.2 Å². The van der Waals surface area contributed by atoms with Crippen molar-refractivity contribution in [2.24, 2.45) is 0 Å². The van der Waals surface area contributed by atoms with Gasteiger partial charge in [-0.1, -0.05) is 15.9 Å².